The van der Waals surface area contributed by atoms with Gasteiger partial charge in [-0.2, -0.15) is 0 Å². The van der Waals surface area contributed by atoms with E-state index in [9.17, 15) is 0 Å². The molecule has 2 saturated carbocycles. The molecule has 2 aliphatic carbocycles. The van der Waals surface area contributed by atoms with E-state index >= 15 is 0 Å². The van der Waals surface area contributed by atoms with Crippen molar-refractivity contribution in [3.8, 4) is 0 Å². The molecule has 0 aromatic carbocycles. The molecule has 1 heterocycles. The molecule has 3 rings (SSSR count). The highest BCUT2D eigenvalue weighted by Gasteiger charge is 2.29. The molecule has 0 saturated heterocycles. The Hall–Kier alpha value is -0.410. The van der Waals surface area contributed by atoms with E-state index in [1.54, 1.807) is 0 Å². The smallest absolute Gasteiger partial charge is 0.0959 e. The minimum Gasteiger partial charge on any atom is -0.309 e. The molecular formula is C15H24N2S. The third kappa shape index (κ3) is 3.12. The highest BCUT2D eigenvalue weighted by Crippen LogP contribution is 2.43. The summed E-state index contributed by atoms with van der Waals surface area (Å²) >= 11 is 1.94. The summed E-state index contributed by atoms with van der Waals surface area (Å²) in [4.78, 5) is 6.08. The first kappa shape index (κ1) is 12.6. The second kappa shape index (κ2) is 4.93. The Kier molecular flexibility index (Phi) is 3.46. The normalized spacial score (nSPS) is 24.3. The van der Waals surface area contributed by atoms with Crippen LogP contribution in [0.2, 0.25) is 0 Å². The number of thiazole rings is 1. The fourth-order valence-electron chi connectivity index (χ4n) is 2.77. The number of nitrogens with zero attached hydrogens (tertiary/aromatic N) is 1. The summed E-state index contributed by atoms with van der Waals surface area (Å²) < 4.78 is 0. The van der Waals surface area contributed by atoms with Crippen LogP contribution in [-0.2, 0) is 6.54 Å². The summed E-state index contributed by atoms with van der Waals surface area (Å²) in [6, 6.07) is 0.797. The largest absolute Gasteiger partial charge is 0.309 e. The van der Waals surface area contributed by atoms with Crippen LogP contribution >= 0.6 is 11.3 Å². The summed E-state index contributed by atoms with van der Waals surface area (Å²) in [5.41, 5.74) is 0.560. The first-order chi connectivity index (χ1) is 8.62. The van der Waals surface area contributed by atoms with E-state index in [2.05, 4.69) is 30.3 Å². The van der Waals surface area contributed by atoms with Crippen LogP contribution in [0.1, 0.15) is 68.2 Å². The van der Waals surface area contributed by atoms with Crippen molar-refractivity contribution in [1.82, 2.24) is 10.3 Å². The average molecular weight is 264 g/mol. The molecule has 0 unspecified atom stereocenters. The molecule has 2 fully saturated rings. The minimum absolute atomic E-state index is 0.560. The van der Waals surface area contributed by atoms with Gasteiger partial charge in [0.25, 0.3) is 0 Å². The van der Waals surface area contributed by atoms with Crippen molar-refractivity contribution in [2.75, 3.05) is 0 Å². The number of rotatable bonds is 4. The van der Waals surface area contributed by atoms with Crippen LogP contribution in [0.4, 0.5) is 0 Å². The van der Waals surface area contributed by atoms with E-state index in [-0.39, 0.29) is 0 Å². The Morgan fingerprint density at radius 3 is 2.67 bits per heavy atom. The van der Waals surface area contributed by atoms with E-state index in [4.69, 9.17) is 0 Å². The molecule has 0 radical (unpaired) electrons. The molecular weight excluding hydrogens is 240 g/mol. The number of aromatic nitrogens is 1. The predicted molar refractivity (Wildman–Crippen MR) is 77.0 cm³/mol. The van der Waals surface area contributed by atoms with Gasteiger partial charge in [-0.1, -0.05) is 13.8 Å². The fraction of sp³-hybridized carbons (Fsp3) is 0.800. The van der Waals surface area contributed by atoms with Crippen molar-refractivity contribution in [3.05, 3.63) is 16.1 Å². The Morgan fingerprint density at radius 2 is 2.00 bits per heavy atom. The van der Waals surface area contributed by atoms with Crippen LogP contribution in [0.25, 0.3) is 0 Å². The first-order valence-electron chi connectivity index (χ1n) is 7.30. The van der Waals surface area contributed by atoms with Crippen molar-refractivity contribution in [2.24, 2.45) is 5.41 Å². The SMILES string of the molecule is CC1(C)CCC(c2ncc(CNC3CC3)s2)CC1. The third-order valence-corrected chi connectivity index (χ3v) is 5.56. The Balaban J connectivity index is 1.55. The molecule has 100 valence electrons. The molecule has 3 heteroatoms. The van der Waals surface area contributed by atoms with Gasteiger partial charge in [0.2, 0.25) is 0 Å². The molecule has 2 aliphatic rings. The van der Waals surface area contributed by atoms with E-state index in [1.807, 2.05) is 11.3 Å². The summed E-state index contributed by atoms with van der Waals surface area (Å²) in [6.07, 6.45) is 10.2. The third-order valence-electron chi connectivity index (χ3n) is 4.40. The Morgan fingerprint density at radius 1 is 1.28 bits per heavy atom. The molecule has 0 atom stereocenters. The van der Waals surface area contributed by atoms with Gasteiger partial charge in [0.05, 0.1) is 5.01 Å². The molecule has 0 aliphatic heterocycles. The first-order valence-corrected chi connectivity index (χ1v) is 8.12. The second-order valence-corrected chi connectivity index (χ2v) is 7.91. The maximum Gasteiger partial charge on any atom is 0.0959 e. The van der Waals surface area contributed by atoms with Gasteiger partial charge in [-0.25, -0.2) is 4.98 Å². The monoisotopic (exact) mass is 264 g/mol. The van der Waals surface area contributed by atoms with E-state index < -0.39 is 0 Å². The van der Waals surface area contributed by atoms with Gasteiger partial charge in [-0.15, -0.1) is 11.3 Å². The maximum atomic E-state index is 4.66. The second-order valence-electron chi connectivity index (χ2n) is 6.76. The van der Waals surface area contributed by atoms with Crippen molar-refractivity contribution in [2.45, 2.75) is 70.9 Å². The predicted octanol–water partition coefficient (Wildman–Crippen LogP) is 4.08. The highest BCUT2D eigenvalue weighted by molar-refractivity contribution is 7.11. The Bertz CT molecular complexity index is 396. The van der Waals surface area contributed by atoms with Crippen molar-refractivity contribution in [1.29, 1.82) is 0 Å². The van der Waals surface area contributed by atoms with Gasteiger partial charge in [0, 0.05) is 29.6 Å². The fourth-order valence-corrected chi connectivity index (χ4v) is 3.81. The standard InChI is InChI=1S/C15H24N2S/c1-15(2)7-5-11(6-8-15)14-17-10-13(18-14)9-16-12-3-4-12/h10-12,16H,3-9H2,1-2H3. The number of hydrogen-bond acceptors (Lipinski definition) is 3. The van der Waals surface area contributed by atoms with E-state index in [1.165, 1.54) is 48.4 Å². The van der Waals surface area contributed by atoms with Gasteiger partial charge in [0.1, 0.15) is 0 Å². The maximum absolute atomic E-state index is 4.66. The number of hydrogen-bond donors (Lipinski definition) is 1. The molecule has 2 nitrogen and oxygen atoms in total. The van der Waals surface area contributed by atoms with Crippen LogP contribution in [-0.4, -0.2) is 11.0 Å². The van der Waals surface area contributed by atoms with Crippen molar-refractivity contribution < 1.29 is 0 Å². The molecule has 0 bridgehead atoms. The molecule has 1 N–H and O–H groups in total. The van der Waals surface area contributed by atoms with Gasteiger partial charge < -0.3 is 5.32 Å². The number of nitrogens with one attached hydrogen (secondary N) is 1. The van der Waals surface area contributed by atoms with Gasteiger partial charge in [-0.05, 0) is 43.9 Å². The lowest BCUT2D eigenvalue weighted by molar-refractivity contribution is 0.224. The van der Waals surface area contributed by atoms with Crippen LogP contribution < -0.4 is 5.32 Å². The van der Waals surface area contributed by atoms with Crippen molar-refractivity contribution in [3.63, 3.8) is 0 Å². The van der Waals surface area contributed by atoms with Crippen LogP contribution in [0.3, 0.4) is 0 Å². The summed E-state index contributed by atoms with van der Waals surface area (Å²) in [6.45, 7) is 5.83. The molecule has 0 spiro atoms. The lowest BCUT2D eigenvalue weighted by Crippen LogP contribution is -2.20. The van der Waals surface area contributed by atoms with Crippen LogP contribution in [0, 0.1) is 5.41 Å². The zero-order valence-electron chi connectivity index (χ0n) is 11.5. The summed E-state index contributed by atoms with van der Waals surface area (Å²) in [5.74, 6) is 0.734. The molecule has 0 amide bonds. The Labute approximate surface area is 114 Å². The minimum atomic E-state index is 0.560. The lowest BCUT2D eigenvalue weighted by Gasteiger charge is -2.33. The zero-order valence-corrected chi connectivity index (χ0v) is 12.4. The van der Waals surface area contributed by atoms with Crippen LogP contribution in [0.15, 0.2) is 6.20 Å². The van der Waals surface area contributed by atoms with Gasteiger partial charge >= 0.3 is 0 Å². The summed E-state index contributed by atoms with van der Waals surface area (Å²) in [7, 11) is 0. The van der Waals surface area contributed by atoms with Gasteiger partial charge in [0.15, 0.2) is 0 Å². The average Bonchev–Trinajstić information content (AvgIpc) is 3.05. The quantitative estimate of drug-likeness (QED) is 0.886. The molecule has 1 aromatic heterocycles. The lowest BCUT2D eigenvalue weighted by atomic mass is 9.73. The topological polar surface area (TPSA) is 24.9 Å². The zero-order chi connectivity index (χ0) is 12.6. The summed E-state index contributed by atoms with van der Waals surface area (Å²) in [5, 5.41) is 4.96. The van der Waals surface area contributed by atoms with E-state index in [0.717, 1.165) is 18.5 Å². The highest BCUT2D eigenvalue weighted by atomic mass is 32.1. The van der Waals surface area contributed by atoms with Crippen LogP contribution in [0.5, 0.6) is 0 Å². The van der Waals surface area contributed by atoms with Gasteiger partial charge in [-0.3, -0.25) is 0 Å². The molecule has 18 heavy (non-hydrogen) atoms. The molecule has 1 aromatic rings. The van der Waals surface area contributed by atoms with Crippen molar-refractivity contribution >= 4 is 11.3 Å². The van der Waals surface area contributed by atoms with E-state index in [0.29, 0.717) is 5.41 Å².